The van der Waals surface area contributed by atoms with Gasteiger partial charge in [-0.05, 0) is 74.3 Å². The molecule has 124 valence electrons. The molecule has 0 amide bonds. The van der Waals surface area contributed by atoms with Crippen LogP contribution in [-0.4, -0.2) is 30.1 Å². The molecular formula is C18H25ClN4. The van der Waals surface area contributed by atoms with Crippen molar-refractivity contribution in [2.45, 2.75) is 57.0 Å². The third-order valence-electron chi connectivity index (χ3n) is 5.45. The van der Waals surface area contributed by atoms with Crippen molar-refractivity contribution >= 4 is 11.6 Å². The standard InChI is InChI=1S/C18H25ClN4/c19-16-7-5-14(6-8-16)13-15-9-11-23(12-10-15)18-4-2-1-3-17(18)21-22-20/h5-8,15,17-18H,1-4,9-13H2/t17-,18+/m0/s1. The van der Waals surface area contributed by atoms with Crippen LogP contribution in [0.15, 0.2) is 29.4 Å². The number of hydrogen-bond donors (Lipinski definition) is 0. The second kappa shape index (κ2) is 8.05. The van der Waals surface area contributed by atoms with Gasteiger partial charge in [-0.25, -0.2) is 0 Å². The minimum absolute atomic E-state index is 0.182. The van der Waals surface area contributed by atoms with Gasteiger partial charge in [-0.2, -0.15) is 0 Å². The number of piperidine rings is 1. The highest BCUT2D eigenvalue weighted by Crippen LogP contribution is 2.30. The predicted molar refractivity (Wildman–Crippen MR) is 94.6 cm³/mol. The topological polar surface area (TPSA) is 52.0 Å². The van der Waals surface area contributed by atoms with Crippen LogP contribution in [0.2, 0.25) is 5.02 Å². The molecule has 1 aromatic rings. The third-order valence-corrected chi connectivity index (χ3v) is 5.70. The Morgan fingerprint density at radius 2 is 1.78 bits per heavy atom. The summed E-state index contributed by atoms with van der Waals surface area (Å²) in [5.74, 6) is 0.758. The smallest absolute Gasteiger partial charge is 0.0529 e. The Balaban J connectivity index is 1.53. The second-order valence-corrected chi connectivity index (χ2v) is 7.37. The van der Waals surface area contributed by atoms with Crippen LogP contribution in [0.1, 0.15) is 44.1 Å². The van der Waals surface area contributed by atoms with E-state index < -0.39 is 0 Å². The summed E-state index contributed by atoms with van der Waals surface area (Å²) in [5.41, 5.74) is 10.2. The molecule has 4 nitrogen and oxygen atoms in total. The second-order valence-electron chi connectivity index (χ2n) is 6.93. The molecular weight excluding hydrogens is 308 g/mol. The van der Waals surface area contributed by atoms with Crippen LogP contribution in [-0.2, 0) is 6.42 Å². The minimum atomic E-state index is 0.182. The summed E-state index contributed by atoms with van der Waals surface area (Å²) in [4.78, 5) is 5.65. The molecule has 1 aliphatic carbocycles. The van der Waals surface area contributed by atoms with Gasteiger partial charge in [0, 0.05) is 16.0 Å². The Kier molecular flexibility index (Phi) is 5.82. The molecule has 2 fully saturated rings. The van der Waals surface area contributed by atoms with Gasteiger partial charge in [0.25, 0.3) is 0 Å². The lowest BCUT2D eigenvalue weighted by Gasteiger charge is -2.42. The first-order chi connectivity index (χ1) is 11.3. The number of azide groups is 1. The quantitative estimate of drug-likeness (QED) is 0.424. The molecule has 23 heavy (non-hydrogen) atoms. The largest absolute Gasteiger partial charge is 0.300 e. The lowest BCUT2D eigenvalue weighted by Crippen LogP contribution is -2.48. The van der Waals surface area contributed by atoms with E-state index in [1.165, 1.54) is 37.7 Å². The van der Waals surface area contributed by atoms with Gasteiger partial charge >= 0.3 is 0 Å². The summed E-state index contributed by atoms with van der Waals surface area (Å²) < 4.78 is 0. The van der Waals surface area contributed by atoms with Crippen LogP contribution in [0.4, 0.5) is 0 Å². The third kappa shape index (κ3) is 4.41. The van der Waals surface area contributed by atoms with E-state index in [0.717, 1.165) is 36.9 Å². The molecule has 2 atom stereocenters. The monoisotopic (exact) mass is 332 g/mol. The molecule has 0 bridgehead atoms. The SMILES string of the molecule is [N-]=[N+]=N[C@H]1CCCC[C@H]1N1CCC(Cc2ccc(Cl)cc2)CC1. The molecule has 0 aromatic heterocycles. The molecule has 5 heteroatoms. The Bertz CT molecular complexity index is 545. The van der Waals surface area contributed by atoms with Crippen LogP contribution in [0.5, 0.6) is 0 Å². The maximum Gasteiger partial charge on any atom is 0.0529 e. The first-order valence-electron chi connectivity index (χ1n) is 8.79. The van der Waals surface area contributed by atoms with E-state index in [1.54, 1.807) is 0 Å². The Hall–Kier alpha value is -1.22. The molecule has 0 radical (unpaired) electrons. The zero-order valence-electron chi connectivity index (χ0n) is 13.6. The molecule has 1 aromatic carbocycles. The number of benzene rings is 1. The number of nitrogens with zero attached hydrogens (tertiary/aromatic N) is 4. The van der Waals surface area contributed by atoms with Crippen molar-refractivity contribution < 1.29 is 0 Å². The molecule has 0 unspecified atom stereocenters. The van der Waals surface area contributed by atoms with Gasteiger partial charge in [0.05, 0.1) is 6.04 Å². The van der Waals surface area contributed by atoms with Gasteiger partial charge in [-0.1, -0.05) is 41.7 Å². The van der Waals surface area contributed by atoms with E-state index in [2.05, 4.69) is 27.1 Å². The minimum Gasteiger partial charge on any atom is -0.300 e. The maximum atomic E-state index is 8.79. The zero-order chi connectivity index (χ0) is 16.1. The average molecular weight is 333 g/mol. The molecule has 2 aliphatic rings. The maximum absolute atomic E-state index is 8.79. The van der Waals surface area contributed by atoms with Crippen molar-refractivity contribution in [1.29, 1.82) is 0 Å². The summed E-state index contributed by atoms with van der Waals surface area (Å²) in [6, 6.07) is 8.91. The van der Waals surface area contributed by atoms with Crippen molar-refractivity contribution in [2.24, 2.45) is 11.0 Å². The fourth-order valence-corrected chi connectivity index (χ4v) is 4.29. The van der Waals surface area contributed by atoms with Gasteiger partial charge < -0.3 is 0 Å². The van der Waals surface area contributed by atoms with E-state index in [-0.39, 0.29) is 6.04 Å². The van der Waals surface area contributed by atoms with Crippen molar-refractivity contribution in [3.63, 3.8) is 0 Å². The predicted octanol–water partition coefficient (Wildman–Crippen LogP) is 5.22. The van der Waals surface area contributed by atoms with Gasteiger partial charge in [-0.3, -0.25) is 4.90 Å². The Labute approximate surface area is 143 Å². The number of rotatable bonds is 4. The van der Waals surface area contributed by atoms with Gasteiger partial charge in [0.1, 0.15) is 0 Å². The van der Waals surface area contributed by atoms with Crippen LogP contribution < -0.4 is 0 Å². The fourth-order valence-electron chi connectivity index (χ4n) is 4.16. The van der Waals surface area contributed by atoms with E-state index in [9.17, 15) is 0 Å². The van der Waals surface area contributed by atoms with E-state index in [0.29, 0.717) is 6.04 Å². The molecule has 0 spiro atoms. The molecule has 0 N–H and O–H groups in total. The molecule has 1 aliphatic heterocycles. The Morgan fingerprint density at radius 1 is 1.09 bits per heavy atom. The molecule has 1 saturated heterocycles. The van der Waals surface area contributed by atoms with Gasteiger partial charge in [-0.15, -0.1) is 0 Å². The summed E-state index contributed by atoms with van der Waals surface area (Å²) >= 11 is 5.96. The summed E-state index contributed by atoms with van der Waals surface area (Å²) in [6.45, 7) is 2.28. The van der Waals surface area contributed by atoms with Crippen LogP contribution >= 0.6 is 11.6 Å². The van der Waals surface area contributed by atoms with E-state index >= 15 is 0 Å². The highest BCUT2D eigenvalue weighted by atomic mass is 35.5. The number of halogens is 1. The van der Waals surface area contributed by atoms with Gasteiger partial charge in [0.15, 0.2) is 0 Å². The van der Waals surface area contributed by atoms with Crippen molar-refractivity contribution in [3.8, 4) is 0 Å². The molecule has 1 saturated carbocycles. The van der Waals surface area contributed by atoms with Crippen LogP contribution in [0, 0.1) is 5.92 Å². The average Bonchev–Trinajstić information content (AvgIpc) is 2.59. The first-order valence-corrected chi connectivity index (χ1v) is 9.17. The van der Waals surface area contributed by atoms with Crippen LogP contribution in [0.25, 0.3) is 10.4 Å². The molecule has 1 heterocycles. The van der Waals surface area contributed by atoms with E-state index in [4.69, 9.17) is 17.1 Å². The summed E-state index contributed by atoms with van der Waals surface area (Å²) in [7, 11) is 0. The summed E-state index contributed by atoms with van der Waals surface area (Å²) in [6.07, 6.45) is 8.34. The normalized spacial score (nSPS) is 26.7. The van der Waals surface area contributed by atoms with Crippen molar-refractivity contribution in [2.75, 3.05) is 13.1 Å². The van der Waals surface area contributed by atoms with Gasteiger partial charge in [0.2, 0.25) is 0 Å². The molecule has 3 rings (SSSR count). The highest BCUT2D eigenvalue weighted by Gasteiger charge is 2.31. The van der Waals surface area contributed by atoms with Crippen molar-refractivity contribution in [3.05, 3.63) is 45.3 Å². The number of likely N-dealkylation sites (tertiary alicyclic amines) is 1. The Morgan fingerprint density at radius 3 is 2.48 bits per heavy atom. The fraction of sp³-hybridized carbons (Fsp3) is 0.667. The highest BCUT2D eigenvalue weighted by molar-refractivity contribution is 6.30. The first kappa shape index (κ1) is 16.6. The van der Waals surface area contributed by atoms with Crippen molar-refractivity contribution in [1.82, 2.24) is 4.90 Å². The summed E-state index contributed by atoms with van der Waals surface area (Å²) in [5, 5.41) is 4.87. The zero-order valence-corrected chi connectivity index (χ0v) is 14.3. The number of hydrogen-bond acceptors (Lipinski definition) is 2. The lowest BCUT2D eigenvalue weighted by atomic mass is 9.85. The van der Waals surface area contributed by atoms with E-state index in [1.807, 2.05) is 12.1 Å². The van der Waals surface area contributed by atoms with Crippen LogP contribution in [0.3, 0.4) is 0 Å². The lowest BCUT2D eigenvalue weighted by molar-refractivity contribution is 0.0938.